The van der Waals surface area contributed by atoms with Gasteiger partial charge in [0.15, 0.2) is 5.15 Å². The molecule has 0 fully saturated rings. The summed E-state index contributed by atoms with van der Waals surface area (Å²) in [7, 11) is 0. The molecule has 0 radical (unpaired) electrons. The first-order chi connectivity index (χ1) is 5.97. The SMILES string of the molecule is Cc1cc(C(C)(C)CCl)c(Cl)nn1. The maximum Gasteiger partial charge on any atom is 0.155 e. The number of nitrogens with zero attached hydrogens (tertiary/aromatic N) is 2. The molecule has 4 heteroatoms. The minimum absolute atomic E-state index is 0.153. The van der Waals surface area contributed by atoms with Gasteiger partial charge in [0, 0.05) is 16.9 Å². The normalized spacial score (nSPS) is 11.8. The molecule has 0 aromatic carbocycles. The second-order valence-electron chi connectivity index (χ2n) is 3.71. The first-order valence-electron chi connectivity index (χ1n) is 4.03. The average Bonchev–Trinajstić information content (AvgIpc) is 2.09. The highest BCUT2D eigenvalue weighted by Crippen LogP contribution is 2.29. The molecule has 0 unspecified atom stereocenters. The van der Waals surface area contributed by atoms with Gasteiger partial charge in [-0.25, -0.2) is 0 Å². The van der Waals surface area contributed by atoms with Crippen LogP contribution >= 0.6 is 23.2 Å². The van der Waals surface area contributed by atoms with Crippen LogP contribution in [-0.2, 0) is 5.41 Å². The molecule has 0 saturated carbocycles. The third-order valence-corrected chi connectivity index (χ3v) is 2.88. The van der Waals surface area contributed by atoms with Gasteiger partial charge >= 0.3 is 0 Å². The molecule has 0 amide bonds. The quantitative estimate of drug-likeness (QED) is 0.714. The van der Waals surface area contributed by atoms with Gasteiger partial charge in [0.05, 0.1) is 5.69 Å². The molecule has 0 aliphatic rings. The highest BCUT2D eigenvalue weighted by Gasteiger charge is 2.23. The molecule has 1 aromatic rings. The average molecular weight is 219 g/mol. The number of hydrogen-bond acceptors (Lipinski definition) is 2. The van der Waals surface area contributed by atoms with Gasteiger partial charge in [-0.05, 0) is 13.0 Å². The van der Waals surface area contributed by atoms with Gasteiger partial charge < -0.3 is 0 Å². The Morgan fingerprint density at radius 2 is 2.00 bits per heavy atom. The molecule has 0 aliphatic carbocycles. The summed E-state index contributed by atoms with van der Waals surface area (Å²) >= 11 is 11.8. The van der Waals surface area contributed by atoms with Crippen molar-refractivity contribution in [3.63, 3.8) is 0 Å². The minimum Gasteiger partial charge on any atom is -0.154 e. The zero-order chi connectivity index (χ0) is 10.1. The van der Waals surface area contributed by atoms with Crippen LogP contribution in [-0.4, -0.2) is 16.1 Å². The smallest absolute Gasteiger partial charge is 0.154 e. The lowest BCUT2D eigenvalue weighted by Crippen LogP contribution is -2.20. The van der Waals surface area contributed by atoms with Crippen LogP contribution in [0.25, 0.3) is 0 Å². The number of hydrogen-bond donors (Lipinski definition) is 0. The molecule has 1 rings (SSSR count). The molecule has 0 bridgehead atoms. The Balaban J connectivity index is 3.20. The highest BCUT2D eigenvalue weighted by molar-refractivity contribution is 6.30. The van der Waals surface area contributed by atoms with Crippen LogP contribution in [0.15, 0.2) is 6.07 Å². The van der Waals surface area contributed by atoms with Crippen molar-refractivity contribution in [2.24, 2.45) is 0 Å². The van der Waals surface area contributed by atoms with Crippen molar-refractivity contribution >= 4 is 23.2 Å². The second-order valence-corrected chi connectivity index (χ2v) is 4.33. The van der Waals surface area contributed by atoms with Crippen molar-refractivity contribution in [3.05, 3.63) is 22.5 Å². The van der Waals surface area contributed by atoms with E-state index in [2.05, 4.69) is 10.2 Å². The van der Waals surface area contributed by atoms with Crippen LogP contribution in [0.5, 0.6) is 0 Å². The molecule has 0 saturated heterocycles. The van der Waals surface area contributed by atoms with E-state index in [0.717, 1.165) is 11.3 Å². The first-order valence-corrected chi connectivity index (χ1v) is 4.95. The van der Waals surface area contributed by atoms with Gasteiger partial charge in [0.2, 0.25) is 0 Å². The summed E-state index contributed by atoms with van der Waals surface area (Å²) in [5.74, 6) is 0.512. The van der Waals surface area contributed by atoms with E-state index in [9.17, 15) is 0 Å². The molecule has 13 heavy (non-hydrogen) atoms. The third-order valence-electron chi connectivity index (χ3n) is 1.93. The number of alkyl halides is 1. The molecule has 0 aliphatic heterocycles. The Hall–Kier alpha value is -0.340. The molecule has 1 heterocycles. The predicted octanol–water partition coefficient (Wildman–Crippen LogP) is 2.95. The maximum atomic E-state index is 5.93. The molecule has 0 N–H and O–H groups in total. The van der Waals surface area contributed by atoms with Crippen LogP contribution < -0.4 is 0 Å². The van der Waals surface area contributed by atoms with Crippen LogP contribution in [0, 0.1) is 6.92 Å². The lowest BCUT2D eigenvalue weighted by Gasteiger charge is -2.22. The summed E-state index contributed by atoms with van der Waals surface area (Å²) in [4.78, 5) is 0. The lowest BCUT2D eigenvalue weighted by molar-refractivity contribution is 0.591. The van der Waals surface area contributed by atoms with Crippen molar-refractivity contribution in [2.45, 2.75) is 26.2 Å². The van der Waals surface area contributed by atoms with Gasteiger partial charge in [0.25, 0.3) is 0 Å². The molecule has 2 nitrogen and oxygen atoms in total. The summed E-state index contributed by atoms with van der Waals surface area (Å²) in [6.07, 6.45) is 0. The zero-order valence-electron chi connectivity index (χ0n) is 7.93. The predicted molar refractivity (Wildman–Crippen MR) is 55.5 cm³/mol. The third kappa shape index (κ3) is 2.32. The second kappa shape index (κ2) is 3.81. The van der Waals surface area contributed by atoms with E-state index in [1.54, 1.807) is 0 Å². The van der Waals surface area contributed by atoms with E-state index in [0.29, 0.717) is 11.0 Å². The standard InChI is InChI=1S/C9H12Cl2N2/c1-6-4-7(8(11)13-12-6)9(2,3)5-10/h4H,5H2,1-3H3. The number of aryl methyl sites for hydroxylation is 1. The van der Waals surface area contributed by atoms with Gasteiger partial charge in [-0.1, -0.05) is 25.4 Å². The fourth-order valence-corrected chi connectivity index (χ4v) is 1.51. The Labute approximate surface area is 88.3 Å². The first kappa shape index (κ1) is 10.7. The Morgan fingerprint density at radius 3 is 2.54 bits per heavy atom. The Bertz CT molecular complexity index is 310. The summed E-state index contributed by atoms with van der Waals surface area (Å²) in [6, 6.07) is 1.93. The van der Waals surface area contributed by atoms with Crippen molar-refractivity contribution in [1.82, 2.24) is 10.2 Å². The monoisotopic (exact) mass is 218 g/mol. The van der Waals surface area contributed by atoms with Crippen LogP contribution in [0.2, 0.25) is 5.15 Å². The summed E-state index contributed by atoms with van der Waals surface area (Å²) in [5, 5.41) is 8.15. The van der Waals surface area contributed by atoms with Crippen molar-refractivity contribution < 1.29 is 0 Å². The van der Waals surface area contributed by atoms with Crippen molar-refractivity contribution in [3.8, 4) is 0 Å². The zero-order valence-corrected chi connectivity index (χ0v) is 9.45. The molecular formula is C9H12Cl2N2. The number of rotatable bonds is 2. The largest absolute Gasteiger partial charge is 0.155 e. The van der Waals surface area contributed by atoms with Gasteiger partial charge in [-0.3, -0.25) is 0 Å². The minimum atomic E-state index is -0.153. The topological polar surface area (TPSA) is 25.8 Å². The Kier molecular flexibility index (Phi) is 3.14. The number of aromatic nitrogens is 2. The molecule has 0 spiro atoms. The van der Waals surface area contributed by atoms with E-state index in [4.69, 9.17) is 23.2 Å². The summed E-state index contributed by atoms with van der Waals surface area (Å²) in [6.45, 7) is 5.95. The van der Waals surface area contributed by atoms with Crippen molar-refractivity contribution in [2.75, 3.05) is 5.88 Å². The molecule has 72 valence electrons. The summed E-state index contributed by atoms with van der Waals surface area (Å²) < 4.78 is 0. The van der Waals surface area contributed by atoms with E-state index in [1.165, 1.54) is 0 Å². The van der Waals surface area contributed by atoms with Crippen molar-refractivity contribution in [1.29, 1.82) is 0 Å². The van der Waals surface area contributed by atoms with Crippen LogP contribution in [0.3, 0.4) is 0 Å². The molecular weight excluding hydrogens is 207 g/mol. The van der Waals surface area contributed by atoms with Crippen LogP contribution in [0.1, 0.15) is 25.1 Å². The summed E-state index contributed by atoms with van der Waals surface area (Å²) in [5.41, 5.74) is 1.66. The van der Waals surface area contributed by atoms with Gasteiger partial charge in [0.1, 0.15) is 0 Å². The fraction of sp³-hybridized carbons (Fsp3) is 0.556. The fourth-order valence-electron chi connectivity index (χ4n) is 1.02. The Morgan fingerprint density at radius 1 is 1.38 bits per heavy atom. The number of halogens is 2. The lowest BCUT2D eigenvalue weighted by atomic mass is 9.88. The highest BCUT2D eigenvalue weighted by atomic mass is 35.5. The van der Waals surface area contributed by atoms with Gasteiger partial charge in [-0.2, -0.15) is 5.10 Å². The van der Waals surface area contributed by atoms with E-state index >= 15 is 0 Å². The van der Waals surface area contributed by atoms with Gasteiger partial charge in [-0.15, -0.1) is 16.7 Å². The van der Waals surface area contributed by atoms with E-state index in [1.807, 2.05) is 26.8 Å². The molecule has 0 atom stereocenters. The van der Waals surface area contributed by atoms with E-state index in [-0.39, 0.29) is 5.41 Å². The van der Waals surface area contributed by atoms with E-state index < -0.39 is 0 Å². The molecule has 1 aromatic heterocycles. The maximum absolute atomic E-state index is 5.93. The van der Waals surface area contributed by atoms with Crippen LogP contribution in [0.4, 0.5) is 0 Å².